The lowest BCUT2D eigenvalue weighted by molar-refractivity contribution is -0.174. The van der Waals surface area contributed by atoms with Crippen LogP contribution in [0, 0.1) is 166 Å². The molecule has 5 aromatic heterocycles. The monoisotopic (exact) mass is 1560 g/mol. The largest absolute Gasteiger partial charge is 0.405 e. The number of hydrogen-bond acceptors (Lipinski definition) is 4. The van der Waals surface area contributed by atoms with Crippen LogP contribution < -0.4 is 16.4 Å². The number of alkyl halides is 3. The molecule has 0 amide bonds. The first-order chi connectivity index (χ1) is 54.2. The Labute approximate surface area is 688 Å². The van der Waals surface area contributed by atoms with Crippen LogP contribution in [0.25, 0.3) is 72.9 Å². The first-order valence-corrected chi connectivity index (χ1v) is 41.5. The molecule has 608 valence electrons. The van der Waals surface area contributed by atoms with Crippen LogP contribution >= 0.6 is 0 Å². The lowest BCUT2D eigenvalue weighted by atomic mass is 9.75. The molecule has 0 fully saturated rings. The summed E-state index contributed by atoms with van der Waals surface area (Å²) >= 11 is 0. The number of nitrogens with one attached hydrogen (secondary N) is 4. The Morgan fingerprint density at radius 2 is 0.716 bits per heavy atom. The molecule has 0 spiro atoms. The number of aromatic amines is 2. The van der Waals surface area contributed by atoms with E-state index < -0.39 is 17.1 Å². The molecule has 16 rings (SSSR count). The highest BCUT2D eigenvalue weighted by atomic mass is 19.4. The summed E-state index contributed by atoms with van der Waals surface area (Å²) in [5, 5.41) is 12.0. The Morgan fingerprint density at radius 3 is 1.12 bits per heavy atom. The topological polar surface area (TPSA) is 109 Å². The van der Waals surface area contributed by atoms with Crippen LogP contribution in [0.5, 0.6) is 0 Å². The summed E-state index contributed by atoms with van der Waals surface area (Å²) in [6.45, 7) is 60.1. The third kappa shape index (κ3) is 12.8. The van der Waals surface area contributed by atoms with Crippen LogP contribution in [0.15, 0.2) is 90.0 Å². The molecule has 8 aromatic carbocycles. The zero-order valence-corrected chi connectivity index (χ0v) is 75.8. The van der Waals surface area contributed by atoms with Crippen molar-refractivity contribution >= 4 is 72.9 Å². The van der Waals surface area contributed by atoms with Crippen molar-refractivity contribution in [1.29, 1.82) is 0 Å². The molecular formula is C104H126F3N9. The first kappa shape index (κ1) is 84.2. The Morgan fingerprint density at radius 1 is 0.379 bits per heavy atom. The summed E-state index contributed by atoms with van der Waals surface area (Å²) in [5.41, 5.74) is 57.5. The number of nitrogens with zero attached hydrogens (tertiary/aromatic N) is 4. The van der Waals surface area contributed by atoms with Crippen molar-refractivity contribution in [2.75, 3.05) is 14.1 Å². The number of fused-ring (bicyclic) bond motifs is 8. The number of aryl methyl sites for hydroxylation is 12. The van der Waals surface area contributed by atoms with E-state index >= 15 is 0 Å². The molecule has 4 atom stereocenters. The van der Waals surface area contributed by atoms with Gasteiger partial charge in [0.1, 0.15) is 11.2 Å². The molecule has 9 nitrogen and oxygen atoms in total. The fraction of sp³-hybridized carbons (Fsp3) is 0.394. The zero-order valence-electron chi connectivity index (χ0n) is 75.8. The van der Waals surface area contributed by atoms with Crippen LogP contribution in [-0.4, -0.2) is 48.9 Å². The molecule has 0 aliphatic heterocycles. The van der Waals surface area contributed by atoms with E-state index in [1.54, 1.807) is 13.0 Å². The lowest BCUT2D eigenvalue weighted by Gasteiger charge is -2.35. The summed E-state index contributed by atoms with van der Waals surface area (Å²) in [7, 11) is 10.4. The van der Waals surface area contributed by atoms with Crippen molar-refractivity contribution in [3.63, 3.8) is 0 Å². The molecule has 0 saturated heterocycles. The highest BCUT2D eigenvalue weighted by molar-refractivity contribution is 5.95. The van der Waals surface area contributed by atoms with E-state index in [0.717, 1.165) is 52.6 Å². The summed E-state index contributed by atoms with van der Waals surface area (Å²) in [6.07, 6.45) is 13.9. The van der Waals surface area contributed by atoms with Crippen molar-refractivity contribution in [3.8, 4) is 0 Å². The number of aromatic nitrogens is 6. The van der Waals surface area contributed by atoms with Crippen molar-refractivity contribution in [3.05, 3.63) is 285 Å². The number of imidazole rings is 1. The quantitative estimate of drug-likeness (QED) is 0.0940. The lowest BCUT2D eigenvalue weighted by Crippen LogP contribution is -2.42. The predicted molar refractivity (Wildman–Crippen MR) is 488 cm³/mol. The molecule has 6 N–H and O–H groups in total. The van der Waals surface area contributed by atoms with Crippen LogP contribution in [0.2, 0.25) is 0 Å². The van der Waals surface area contributed by atoms with E-state index in [2.05, 4.69) is 282 Å². The fourth-order valence-corrected chi connectivity index (χ4v) is 20.6. The van der Waals surface area contributed by atoms with Gasteiger partial charge < -0.3 is 40.0 Å². The predicted octanol–water partition coefficient (Wildman–Crippen LogP) is 24.8. The third-order valence-electron chi connectivity index (χ3n) is 30.1. The molecule has 0 bridgehead atoms. The molecule has 3 aliphatic carbocycles. The number of hydrogen-bond donors (Lipinski definition) is 5. The van der Waals surface area contributed by atoms with Crippen LogP contribution in [0.3, 0.4) is 0 Å². The second kappa shape index (κ2) is 29.7. The first-order valence-electron chi connectivity index (χ1n) is 41.5. The Kier molecular flexibility index (Phi) is 21.6. The molecule has 0 saturated carbocycles. The third-order valence-corrected chi connectivity index (χ3v) is 30.1. The summed E-state index contributed by atoms with van der Waals surface area (Å²) < 4.78 is 51.2. The Hall–Kier alpha value is -9.72. The van der Waals surface area contributed by atoms with E-state index in [9.17, 15) is 13.2 Å². The average molecular weight is 1560 g/mol. The van der Waals surface area contributed by atoms with Gasteiger partial charge in [0, 0.05) is 73.0 Å². The fourth-order valence-electron chi connectivity index (χ4n) is 20.6. The van der Waals surface area contributed by atoms with Gasteiger partial charge in [-0.1, -0.05) is 36.4 Å². The minimum Gasteiger partial charge on any atom is -0.361 e. The van der Waals surface area contributed by atoms with Crippen molar-refractivity contribution in [2.24, 2.45) is 26.9 Å². The highest BCUT2D eigenvalue weighted by Crippen LogP contribution is 2.53. The van der Waals surface area contributed by atoms with Crippen molar-refractivity contribution in [2.45, 2.75) is 241 Å². The molecule has 116 heavy (non-hydrogen) atoms. The summed E-state index contributed by atoms with van der Waals surface area (Å²) in [6, 6.07) is 17.6. The maximum Gasteiger partial charge on any atom is 0.405 e. The van der Waals surface area contributed by atoms with Crippen molar-refractivity contribution < 1.29 is 13.2 Å². The van der Waals surface area contributed by atoms with Gasteiger partial charge in [0.15, 0.2) is 0 Å². The maximum absolute atomic E-state index is 14.9. The van der Waals surface area contributed by atoms with Crippen LogP contribution in [0.4, 0.5) is 13.2 Å². The number of halogens is 3. The maximum atomic E-state index is 14.9. The zero-order chi connectivity index (χ0) is 85.2. The van der Waals surface area contributed by atoms with Crippen LogP contribution in [-0.2, 0) is 62.4 Å². The molecular weight excluding hydrogens is 1430 g/mol. The normalized spacial score (nSPS) is 15.3. The van der Waals surface area contributed by atoms with Crippen LogP contribution in [0.1, 0.15) is 223 Å². The molecule has 5 heterocycles. The van der Waals surface area contributed by atoms with E-state index in [1.807, 2.05) is 58.5 Å². The van der Waals surface area contributed by atoms with Gasteiger partial charge in [0.2, 0.25) is 0 Å². The van der Waals surface area contributed by atoms with Gasteiger partial charge in [-0.05, 0) is 463 Å². The van der Waals surface area contributed by atoms with Gasteiger partial charge in [0.05, 0.1) is 44.2 Å². The smallest absolute Gasteiger partial charge is 0.361 e. The molecule has 12 heteroatoms. The van der Waals surface area contributed by atoms with Gasteiger partial charge in [-0.25, -0.2) is 4.98 Å². The van der Waals surface area contributed by atoms with E-state index in [-0.39, 0.29) is 22.5 Å². The molecule has 0 radical (unpaired) electrons. The average Bonchev–Trinajstić information content (AvgIpc) is 1.49. The summed E-state index contributed by atoms with van der Waals surface area (Å²) in [4.78, 5) is 11.1. The van der Waals surface area contributed by atoms with E-state index in [1.165, 1.54) is 207 Å². The number of H-pyrrole nitrogens is 2. The minimum absolute atomic E-state index is 0.0698. The van der Waals surface area contributed by atoms with Gasteiger partial charge in [-0.3, -0.25) is 0 Å². The molecule has 13 aromatic rings. The molecule has 3 aliphatic rings. The van der Waals surface area contributed by atoms with E-state index in [4.69, 9.17) is 5.73 Å². The van der Waals surface area contributed by atoms with Gasteiger partial charge >= 0.3 is 6.18 Å². The van der Waals surface area contributed by atoms with Gasteiger partial charge in [0.25, 0.3) is 0 Å². The Bertz CT molecular complexity index is 6400. The second-order valence-electron chi connectivity index (χ2n) is 35.9. The minimum atomic E-state index is -4.55. The number of benzene rings is 8. The highest BCUT2D eigenvalue weighted by Gasteiger charge is 2.57. The SMILES string of the molecule is CNC(C)(C1=Cc2c(cc(C)c(C)c2C)C1)c1c(C)c(C)c(C)c2[nH]ccc12.CNC(C)(C1=Cc2c(cc(C)c(C)c2C)C1)c1c(C)c(C)c(C)c2c1ccn2C.Cc1cc2[nH]c(C(C)(c3c(C)c(C)c(C)c4c3ccn4C)C(F)(F)F)nc2c(C)c1C.Cc1cc2c(c(C)c1C)C=C(C(C)(N)c1c(C)c(C)c(C)c3c1ccn3C)C2. The standard InChI is InChI=1S/C27H34N2.2C26H32N2.C25H28F3N3/c1-15-12-21-13-22(14-24(21)18(4)16(15)2)27(7,28-8)25-19(5)17(3)20(6)26-23(25)10-11-29(26)9;1-14-11-20-12-21(13-23(20)17(4)15(14)2)26(7,27)24-18(5)16(3)19(6)25-22(24)9-10-28(25)8;1-14-11-20-12-21(13-23(20)17(4)15(14)2)26(7,27-8)24-18(5)16(3)19(6)25-22(24)9-10-28-25;1-12-11-19-21(16(5)13(12)2)30-23(29-19)24(7,25(26,27)28)20-15(4)14(3)17(6)22-18(20)9-10-31(22)8/h10-12,14,28H,13H2,1-9H3;9-11,13H,12,27H2,1-8H3;9-11,13,27-28H,12H2,1-8H3;9-11H,1-8H3,(H,29,30). The van der Waals surface area contributed by atoms with Gasteiger partial charge in [-0.2, -0.15) is 13.2 Å². The number of rotatable bonds is 10. The van der Waals surface area contributed by atoms with Crippen molar-refractivity contribution in [1.82, 2.24) is 39.3 Å². The Balaban J connectivity index is 0.000000135. The number of likely N-dealkylation sites (N-methyl/N-ethyl adjacent to an activating group) is 2. The number of nitrogens with two attached hydrogens (primary N) is 1. The summed E-state index contributed by atoms with van der Waals surface area (Å²) in [5.74, 6) is -0.0698. The van der Waals surface area contributed by atoms with E-state index in [0.29, 0.717) is 22.0 Å². The van der Waals surface area contributed by atoms with Gasteiger partial charge in [-0.15, -0.1) is 0 Å². The second-order valence-corrected chi connectivity index (χ2v) is 35.9. The molecule has 4 unspecified atom stereocenters.